The number of rotatable bonds is 2. The first-order chi connectivity index (χ1) is 10.1. The van der Waals surface area contributed by atoms with Gasteiger partial charge in [0.1, 0.15) is 5.60 Å². The van der Waals surface area contributed by atoms with E-state index < -0.39 is 17.8 Å². The third-order valence-corrected chi connectivity index (χ3v) is 3.50. The number of carbonyl (C=O) groups is 3. The first-order valence-corrected chi connectivity index (χ1v) is 7.37. The molecule has 1 fully saturated rings. The maximum atomic E-state index is 11.7. The molecule has 3 N–H and O–H groups in total. The quantitative estimate of drug-likeness (QED) is 0.672. The van der Waals surface area contributed by atoms with E-state index in [0.29, 0.717) is 25.7 Å². The van der Waals surface area contributed by atoms with Crippen LogP contribution in [0.5, 0.6) is 0 Å². The van der Waals surface area contributed by atoms with E-state index in [1.807, 2.05) is 0 Å². The van der Waals surface area contributed by atoms with Gasteiger partial charge in [0.05, 0.1) is 6.04 Å². The summed E-state index contributed by atoms with van der Waals surface area (Å²) >= 11 is 0. The van der Waals surface area contributed by atoms with Gasteiger partial charge in [0.15, 0.2) is 0 Å². The number of hydrazine groups is 1. The van der Waals surface area contributed by atoms with Gasteiger partial charge in [-0.2, -0.15) is 0 Å². The Balaban J connectivity index is 2.60. The summed E-state index contributed by atoms with van der Waals surface area (Å²) in [6.45, 7) is 5.10. The number of carbonyl (C=O) groups excluding carboxylic acids is 2. The molecule has 0 aliphatic heterocycles. The zero-order valence-electron chi connectivity index (χ0n) is 13.5. The van der Waals surface area contributed by atoms with Crippen LogP contribution in [0.4, 0.5) is 9.59 Å². The van der Waals surface area contributed by atoms with Crippen LogP contribution in [0, 0.1) is 5.92 Å². The van der Waals surface area contributed by atoms with Crippen LogP contribution in [0.2, 0.25) is 0 Å². The van der Waals surface area contributed by atoms with Crippen LogP contribution in [0.25, 0.3) is 0 Å². The highest BCUT2D eigenvalue weighted by Crippen LogP contribution is 2.27. The Morgan fingerprint density at radius 3 is 2.09 bits per heavy atom. The molecule has 1 aliphatic rings. The van der Waals surface area contributed by atoms with Crippen molar-refractivity contribution >= 4 is 18.1 Å². The first kappa shape index (κ1) is 18.1. The van der Waals surface area contributed by atoms with Gasteiger partial charge in [-0.15, -0.1) is 0 Å². The summed E-state index contributed by atoms with van der Waals surface area (Å²) in [5.41, 5.74) is 1.57. The van der Waals surface area contributed by atoms with Gasteiger partial charge >= 0.3 is 12.2 Å². The summed E-state index contributed by atoms with van der Waals surface area (Å²) in [6, 6.07) is -0.356. The van der Waals surface area contributed by atoms with Crippen LogP contribution >= 0.6 is 0 Å². The van der Waals surface area contributed by atoms with Crippen LogP contribution < -0.4 is 10.7 Å². The minimum Gasteiger partial charge on any atom is -0.464 e. The number of nitrogens with one attached hydrogen (secondary N) is 2. The van der Waals surface area contributed by atoms with Crippen LogP contribution in [0.3, 0.4) is 0 Å². The fraction of sp³-hybridized carbons (Fsp3) is 0.786. The highest BCUT2D eigenvalue weighted by Gasteiger charge is 2.33. The molecule has 3 amide bonds. The van der Waals surface area contributed by atoms with Crippen LogP contribution in [0.1, 0.15) is 46.5 Å². The molecule has 0 heterocycles. The molecule has 1 aliphatic carbocycles. The maximum absolute atomic E-state index is 11.7. The van der Waals surface area contributed by atoms with Crippen molar-refractivity contribution in [2.75, 3.05) is 7.05 Å². The van der Waals surface area contributed by atoms with Crippen molar-refractivity contribution in [3.05, 3.63) is 0 Å². The van der Waals surface area contributed by atoms with Crippen LogP contribution in [0.15, 0.2) is 0 Å². The molecule has 0 saturated heterocycles. The smallest absolute Gasteiger partial charge is 0.426 e. The Bertz CT molecular complexity index is 425. The largest absolute Gasteiger partial charge is 0.464 e. The predicted molar refractivity (Wildman–Crippen MR) is 79.0 cm³/mol. The molecule has 1 rings (SSSR count). The fourth-order valence-corrected chi connectivity index (χ4v) is 2.49. The Hall–Kier alpha value is -1.99. The van der Waals surface area contributed by atoms with E-state index in [-0.39, 0.29) is 17.9 Å². The molecular weight excluding hydrogens is 290 g/mol. The number of ether oxygens (including phenoxy) is 1. The van der Waals surface area contributed by atoms with Gasteiger partial charge < -0.3 is 15.2 Å². The van der Waals surface area contributed by atoms with E-state index in [4.69, 9.17) is 4.74 Å². The first-order valence-electron chi connectivity index (χ1n) is 7.37. The second-order valence-corrected chi connectivity index (χ2v) is 6.39. The molecule has 0 aromatic rings. The van der Waals surface area contributed by atoms with Crippen LogP contribution in [-0.4, -0.2) is 46.9 Å². The molecule has 0 unspecified atom stereocenters. The summed E-state index contributed by atoms with van der Waals surface area (Å²) < 4.78 is 5.07. The molecule has 0 radical (unpaired) electrons. The molecule has 8 heteroatoms. The number of nitrogens with zero attached hydrogens (tertiary/aromatic N) is 1. The lowest BCUT2D eigenvalue weighted by Crippen LogP contribution is -2.53. The van der Waals surface area contributed by atoms with E-state index >= 15 is 0 Å². The average molecular weight is 315 g/mol. The van der Waals surface area contributed by atoms with Gasteiger partial charge in [-0.05, 0) is 46.5 Å². The van der Waals surface area contributed by atoms with Crippen molar-refractivity contribution < 1.29 is 24.2 Å². The number of hydrogen-bond donors (Lipinski definition) is 3. The van der Waals surface area contributed by atoms with E-state index in [1.54, 1.807) is 27.8 Å². The molecule has 8 nitrogen and oxygen atoms in total. The lowest BCUT2D eigenvalue weighted by Gasteiger charge is -2.34. The van der Waals surface area contributed by atoms with Gasteiger partial charge in [-0.3, -0.25) is 4.79 Å². The highest BCUT2D eigenvalue weighted by molar-refractivity contribution is 5.78. The van der Waals surface area contributed by atoms with Crippen molar-refractivity contribution in [2.45, 2.75) is 58.1 Å². The molecule has 22 heavy (non-hydrogen) atoms. The monoisotopic (exact) mass is 315 g/mol. The third kappa shape index (κ3) is 5.42. The SMILES string of the molecule is CNC(=O)C1CCC(N(NC(=O)OC(C)(C)C)C(=O)O)CC1. The van der Waals surface area contributed by atoms with Gasteiger partial charge in [0.2, 0.25) is 5.91 Å². The Labute approximate surface area is 130 Å². The minimum absolute atomic E-state index is 0.0274. The number of hydrogen-bond acceptors (Lipinski definition) is 4. The summed E-state index contributed by atoms with van der Waals surface area (Å²) in [4.78, 5) is 34.7. The Morgan fingerprint density at radius 2 is 1.68 bits per heavy atom. The van der Waals surface area contributed by atoms with Crippen molar-refractivity contribution in [2.24, 2.45) is 5.92 Å². The standard InChI is InChI=1S/C14H25N3O5/c1-14(2,3)22-12(19)16-17(13(20)21)10-7-5-9(6-8-10)11(18)15-4/h9-10H,5-8H2,1-4H3,(H,15,18)(H,16,19)(H,20,21). The van der Waals surface area contributed by atoms with Crippen molar-refractivity contribution in [1.29, 1.82) is 0 Å². The van der Waals surface area contributed by atoms with E-state index in [1.165, 1.54) is 0 Å². The lowest BCUT2D eigenvalue weighted by atomic mass is 9.85. The molecule has 0 aromatic carbocycles. The van der Waals surface area contributed by atoms with Crippen molar-refractivity contribution in [3.63, 3.8) is 0 Å². The Morgan fingerprint density at radius 1 is 1.14 bits per heavy atom. The second-order valence-electron chi connectivity index (χ2n) is 6.39. The zero-order valence-corrected chi connectivity index (χ0v) is 13.5. The van der Waals surface area contributed by atoms with Gasteiger partial charge in [0, 0.05) is 13.0 Å². The van der Waals surface area contributed by atoms with Gasteiger partial charge in [-0.25, -0.2) is 20.0 Å². The zero-order chi connectivity index (χ0) is 16.9. The summed E-state index contributed by atoms with van der Waals surface area (Å²) in [5, 5.41) is 12.8. The summed E-state index contributed by atoms with van der Waals surface area (Å²) in [5.74, 6) is -0.126. The molecule has 0 aromatic heterocycles. The molecular formula is C14H25N3O5. The molecule has 126 valence electrons. The second kappa shape index (κ2) is 7.33. The third-order valence-electron chi connectivity index (χ3n) is 3.50. The van der Waals surface area contributed by atoms with Crippen LogP contribution in [-0.2, 0) is 9.53 Å². The van der Waals surface area contributed by atoms with E-state index in [2.05, 4.69) is 10.7 Å². The van der Waals surface area contributed by atoms with Gasteiger partial charge in [0.25, 0.3) is 0 Å². The number of amides is 3. The lowest BCUT2D eigenvalue weighted by molar-refractivity contribution is -0.125. The van der Waals surface area contributed by atoms with Crippen molar-refractivity contribution in [1.82, 2.24) is 15.8 Å². The molecule has 1 saturated carbocycles. The van der Waals surface area contributed by atoms with E-state index in [0.717, 1.165) is 5.01 Å². The predicted octanol–water partition coefficient (Wildman–Crippen LogP) is 1.71. The normalized spacial score (nSPS) is 21.6. The summed E-state index contributed by atoms with van der Waals surface area (Å²) in [7, 11) is 1.59. The molecule has 0 bridgehead atoms. The Kier molecular flexibility index (Phi) is 6.01. The minimum atomic E-state index is -1.24. The van der Waals surface area contributed by atoms with Crippen molar-refractivity contribution in [3.8, 4) is 0 Å². The fourth-order valence-electron chi connectivity index (χ4n) is 2.49. The molecule has 0 atom stereocenters. The topological polar surface area (TPSA) is 108 Å². The van der Waals surface area contributed by atoms with Gasteiger partial charge in [-0.1, -0.05) is 0 Å². The van der Waals surface area contributed by atoms with E-state index in [9.17, 15) is 19.5 Å². The highest BCUT2D eigenvalue weighted by atomic mass is 16.6. The molecule has 0 spiro atoms. The summed E-state index contributed by atoms with van der Waals surface area (Å²) in [6.07, 6.45) is 0.159. The maximum Gasteiger partial charge on any atom is 0.426 e. The number of carboxylic acid groups (broad SMARTS) is 1. The average Bonchev–Trinajstić information content (AvgIpc) is 2.42.